The second-order valence-corrected chi connectivity index (χ2v) is 6.27. The van der Waals surface area contributed by atoms with E-state index in [1.54, 1.807) is 12.1 Å². The van der Waals surface area contributed by atoms with Gasteiger partial charge in [-0.2, -0.15) is 0 Å². The number of nitrogens with zero attached hydrogens (tertiary/aromatic N) is 1. The van der Waals surface area contributed by atoms with E-state index < -0.39 is 0 Å². The van der Waals surface area contributed by atoms with Crippen LogP contribution in [0.3, 0.4) is 0 Å². The molecule has 22 heavy (non-hydrogen) atoms. The van der Waals surface area contributed by atoms with E-state index in [0.717, 1.165) is 37.6 Å². The van der Waals surface area contributed by atoms with E-state index >= 15 is 0 Å². The Morgan fingerprint density at radius 1 is 1.05 bits per heavy atom. The molecular weight excluding hydrogens is 303 g/mol. The van der Waals surface area contributed by atoms with Crippen molar-refractivity contribution in [3.63, 3.8) is 0 Å². The largest absolute Gasteiger partial charge is 0.490 e. The van der Waals surface area contributed by atoms with Crippen LogP contribution >= 0.6 is 12.4 Å². The highest BCUT2D eigenvalue weighted by atomic mass is 35.5. The van der Waals surface area contributed by atoms with Crippen LogP contribution in [0.15, 0.2) is 24.3 Å². The molecule has 0 aliphatic carbocycles. The Morgan fingerprint density at radius 2 is 1.68 bits per heavy atom. The quantitative estimate of drug-likeness (QED) is 0.919. The molecule has 0 bridgehead atoms. The van der Waals surface area contributed by atoms with Crippen molar-refractivity contribution in [1.29, 1.82) is 0 Å². The topological polar surface area (TPSA) is 24.5 Å². The summed E-state index contributed by atoms with van der Waals surface area (Å²) in [4.78, 5) is 2.58. The first-order valence-electron chi connectivity index (χ1n) is 8.15. The summed E-state index contributed by atoms with van der Waals surface area (Å²) in [5.74, 6) is 1.44. The average Bonchev–Trinajstić information content (AvgIpc) is 2.53. The fraction of sp³-hybridized carbons (Fsp3) is 0.647. The van der Waals surface area contributed by atoms with Gasteiger partial charge in [-0.25, -0.2) is 4.39 Å². The highest BCUT2D eigenvalue weighted by Gasteiger charge is 2.23. The molecule has 0 radical (unpaired) electrons. The zero-order chi connectivity index (χ0) is 14.5. The van der Waals surface area contributed by atoms with Gasteiger partial charge in [-0.15, -0.1) is 12.4 Å². The number of halogens is 2. The molecule has 1 aromatic rings. The molecule has 124 valence electrons. The van der Waals surface area contributed by atoms with Crippen LogP contribution in [-0.4, -0.2) is 43.7 Å². The molecule has 0 unspecified atom stereocenters. The second-order valence-electron chi connectivity index (χ2n) is 6.27. The van der Waals surface area contributed by atoms with Crippen molar-refractivity contribution in [3.05, 3.63) is 30.1 Å². The van der Waals surface area contributed by atoms with Gasteiger partial charge in [-0.1, -0.05) is 0 Å². The number of nitrogens with one attached hydrogen (secondary N) is 1. The highest BCUT2D eigenvalue weighted by Crippen LogP contribution is 2.21. The normalized spacial score (nSPS) is 21.3. The van der Waals surface area contributed by atoms with E-state index in [1.807, 2.05) is 0 Å². The van der Waals surface area contributed by atoms with Crippen LogP contribution in [0.4, 0.5) is 4.39 Å². The lowest BCUT2D eigenvalue weighted by molar-refractivity contribution is 0.0872. The molecule has 5 heteroatoms. The minimum Gasteiger partial charge on any atom is -0.490 e. The molecule has 2 fully saturated rings. The van der Waals surface area contributed by atoms with Gasteiger partial charge in [0.25, 0.3) is 0 Å². The fourth-order valence-corrected chi connectivity index (χ4v) is 3.34. The Labute approximate surface area is 138 Å². The van der Waals surface area contributed by atoms with Crippen molar-refractivity contribution in [3.8, 4) is 5.75 Å². The zero-order valence-corrected chi connectivity index (χ0v) is 13.8. The van der Waals surface area contributed by atoms with Crippen molar-refractivity contribution in [2.24, 2.45) is 5.92 Å². The van der Waals surface area contributed by atoms with Crippen LogP contribution in [0.5, 0.6) is 5.75 Å². The molecule has 3 rings (SSSR count). The molecule has 2 saturated heterocycles. The fourth-order valence-electron chi connectivity index (χ4n) is 3.34. The number of benzene rings is 1. The maximum absolute atomic E-state index is 12.9. The minimum absolute atomic E-state index is 0. The van der Waals surface area contributed by atoms with Gasteiger partial charge in [0, 0.05) is 19.6 Å². The first-order chi connectivity index (χ1) is 10.3. The van der Waals surface area contributed by atoms with Gasteiger partial charge < -0.3 is 15.0 Å². The summed E-state index contributed by atoms with van der Waals surface area (Å²) in [6.07, 6.45) is 5.04. The van der Waals surface area contributed by atoms with Crippen LogP contribution in [0.1, 0.15) is 25.7 Å². The number of hydrogen-bond donors (Lipinski definition) is 1. The third-order valence-electron chi connectivity index (χ3n) is 4.63. The maximum atomic E-state index is 12.9. The Bertz CT molecular complexity index is 429. The van der Waals surface area contributed by atoms with Crippen molar-refractivity contribution in [2.75, 3.05) is 32.7 Å². The van der Waals surface area contributed by atoms with Crippen LogP contribution in [-0.2, 0) is 0 Å². The number of likely N-dealkylation sites (tertiary alicyclic amines) is 1. The number of ether oxygens (including phenoxy) is 1. The Hall–Kier alpha value is -0.840. The molecule has 3 nitrogen and oxygen atoms in total. The first kappa shape index (κ1) is 17.5. The third-order valence-corrected chi connectivity index (χ3v) is 4.63. The molecular formula is C17H26ClFN2O. The molecule has 0 atom stereocenters. The molecule has 1 aromatic carbocycles. The Morgan fingerprint density at radius 3 is 2.32 bits per heavy atom. The summed E-state index contributed by atoms with van der Waals surface area (Å²) in [7, 11) is 0. The lowest BCUT2D eigenvalue weighted by atomic mass is 9.96. The lowest BCUT2D eigenvalue weighted by Gasteiger charge is -2.35. The van der Waals surface area contributed by atoms with Gasteiger partial charge in [0.05, 0.1) is 0 Å². The molecule has 0 aromatic heterocycles. The highest BCUT2D eigenvalue weighted by molar-refractivity contribution is 5.85. The molecule has 0 amide bonds. The predicted molar refractivity (Wildman–Crippen MR) is 89.3 cm³/mol. The van der Waals surface area contributed by atoms with E-state index in [9.17, 15) is 4.39 Å². The van der Waals surface area contributed by atoms with Gasteiger partial charge in [-0.05, 0) is 69.0 Å². The van der Waals surface area contributed by atoms with Crippen LogP contribution in [0, 0.1) is 11.7 Å². The van der Waals surface area contributed by atoms with Gasteiger partial charge >= 0.3 is 0 Å². The first-order valence-corrected chi connectivity index (χ1v) is 8.15. The summed E-state index contributed by atoms with van der Waals surface area (Å²) in [5.41, 5.74) is 0. The molecule has 2 heterocycles. The Kier molecular flexibility index (Phi) is 6.93. The summed E-state index contributed by atoms with van der Waals surface area (Å²) >= 11 is 0. The van der Waals surface area contributed by atoms with Crippen LogP contribution < -0.4 is 10.1 Å². The van der Waals surface area contributed by atoms with Crippen molar-refractivity contribution in [2.45, 2.75) is 31.8 Å². The van der Waals surface area contributed by atoms with E-state index in [4.69, 9.17) is 4.74 Å². The van der Waals surface area contributed by atoms with Crippen molar-refractivity contribution in [1.82, 2.24) is 10.2 Å². The SMILES string of the molecule is Cl.Fc1ccc(OC2CCN(CC3CCNCC3)CC2)cc1. The number of hydrogen-bond acceptors (Lipinski definition) is 3. The van der Waals surface area contributed by atoms with Gasteiger partial charge in [0.2, 0.25) is 0 Å². The van der Waals surface area contributed by atoms with E-state index in [-0.39, 0.29) is 24.3 Å². The van der Waals surface area contributed by atoms with E-state index in [2.05, 4.69) is 10.2 Å². The van der Waals surface area contributed by atoms with Crippen molar-refractivity contribution >= 4 is 12.4 Å². The van der Waals surface area contributed by atoms with E-state index in [1.165, 1.54) is 44.6 Å². The average molecular weight is 329 g/mol. The van der Waals surface area contributed by atoms with Crippen LogP contribution in [0.25, 0.3) is 0 Å². The number of rotatable bonds is 4. The predicted octanol–water partition coefficient (Wildman–Crippen LogP) is 3.09. The Balaban J connectivity index is 0.00000176. The summed E-state index contributed by atoms with van der Waals surface area (Å²) in [5, 5.41) is 3.43. The zero-order valence-electron chi connectivity index (χ0n) is 13.0. The molecule has 0 saturated carbocycles. The standard InChI is InChI=1S/C17H25FN2O.ClH/c18-15-1-3-16(4-2-15)21-17-7-11-20(12-8-17)13-14-5-9-19-10-6-14;/h1-4,14,17,19H,5-13H2;1H. The third kappa shape index (κ3) is 5.11. The van der Waals surface area contributed by atoms with Gasteiger partial charge in [0.15, 0.2) is 0 Å². The number of piperidine rings is 2. The van der Waals surface area contributed by atoms with E-state index in [0.29, 0.717) is 0 Å². The minimum atomic E-state index is -0.209. The monoisotopic (exact) mass is 328 g/mol. The molecule has 1 N–H and O–H groups in total. The summed E-state index contributed by atoms with van der Waals surface area (Å²) in [6, 6.07) is 6.36. The summed E-state index contributed by atoms with van der Waals surface area (Å²) in [6.45, 7) is 5.83. The summed E-state index contributed by atoms with van der Waals surface area (Å²) < 4.78 is 18.8. The maximum Gasteiger partial charge on any atom is 0.123 e. The molecule has 2 aliphatic rings. The van der Waals surface area contributed by atoms with Gasteiger partial charge in [-0.3, -0.25) is 0 Å². The lowest BCUT2D eigenvalue weighted by Crippen LogP contribution is -2.42. The van der Waals surface area contributed by atoms with Gasteiger partial charge in [0.1, 0.15) is 17.7 Å². The second kappa shape index (κ2) is 8.70. The van der Waals surface area contributed by atoms with Crippen LogP contribution in [0.2, 0.25) is 0 Å². The molecule has 0 spiro atoms. The molecule has 2 aliphatic heterocycles. The van der Waals surface area contributed by atoms with Crippen molar-refractivity contribution < 1.29 is 9.13 Å². The smallest absolute Gasteiger partial charge is 0.123 e.